The third-order valence-electron chi connectivity index (χ3n) is 3.91. The standard InChI is InChI=1S/C15H25N3/c1-10(2)13-9-14(16-4)18-15(17-13)12-7-5-6-11(3)8-12/h9-12H,5-8H2,1-4H3,(H,16,17,18). The van der Waals surface area contributed by atoms with Crippen molar-refractivity contribution in [2.24, 2.45) is 5.92 Å². The molecule has 1 fully saturated rings. The van der Waals surface area contributed by atoms with E-state index in [4.69, 9.17) is 4.98 Å². The second kappa shape index (κ2) is 5.68. The maximum absolute atomic E-state index is 4.79. The smallest absolute Gasteiger partial charge is 0.134 e. The first-order valence-corrected chi connectivity index (χ1v) is 7.16. The van der Waals surface area contributed by atoms with Crippen molar-refractivity contribution in [1.29, 1.82) is 0 Å². The molecule has 0 aliphatic heterocycles. The summed E-state index contributed by atoms with van der Waals surface area (Å²) in [5.41, 5.74) is 1.16. The Hall–Kier alpha value is -1.12. The van der Waals surface area contributed by atoms with Gasteiger partial charge in [0.2, 0.25) is 0 Å². The SMILES string of the molecule is CNc1cc(C(C)C)nc(C2CCCC(C)C2)n1. The summed E-state index contributed by atoms with van der Waals surface area (Å²) in [4.78, 5) is 9.46. The van der Waals surface area contributed by atoms with Crippen LogP contribution in [0.3, 0.4) is 0 Å². The molecule has 1 aromatic rings. The quantitative estimate of drug-likeness (QED) is 0.879. The van der Waals surface area contributed by atoms with Crippen LogP contribution in [0.15, 0.2) is 6.07 Å². The van der Waals surface area contributed by atoms with Crippen LogP contribution < -0.4 is 5.32 Å². The van der Waals surface area contributed by atoms with Crippen LogP contribution in [0.5, 0.6) is 0 Å². The number of hydrogen-bond donors (Lipinski definition) is 1. The Morgan fingerprint density at radius 3 is 2.67 bits per heavy atom. The predicted molar refractivity (Wildman–Crippen MR) is 76.0 cm³/mol. The molecule has 18 heavy (non-hydrogen) atoms. The summed E-state index contributed by atoms with van der Waals surface area (Å²) in [6.07, 6.45) is 5.16. The van der Waals surface area contributed by atoms with Crippen molar-refractivity contribution in [3.63, 3.8) is 0 Å². The first-order valence-electron chi connectivity index (χ1n) is 7.16. The highest BCUT2D eigenvalue weighted by Crippen LogP contribution is 2.35. The molecule has 0 spiro atoms. The van der Waals surface area contributed by atoms with Crippen molar-refractivity contribution in [2.75, 3.05) is 12.4 Å². The highest BCUT2D eigenvalue weighted by molar-refractivity contribution is 5.36. The third kappa shape index (κ3) is 3.01. The lowest BCUT2D eigenvalue weighted by Gasteiger charge is -2.26. The molecular weight excluding hydrogens is 222 g/mol. The molecule has 100 valence electrons. The first-order chi connectivity index (χ1) is 8.60. The Bertz CT molecular complexity index is 401. The van der Waals surface area contributed by atoms with Crippen molar-refractivity contribution in [3.8, 4) is 0 Å². The molecule has 0 aromatic carbocycles. The van der Waals surface area contributed by atoms with E-state index in [1.165, 1.54) is 25.7 Å². The number of nitrogens with zero attached hydrogens (tertiary/aromatic N) is 2. The number of anilines is 1. The average molecular weight is 247 g/mol. The van der Waals surface area contributed by atoms with Gasteiger partial charge in [0.15, 0.2) is 0 Å². The van der Waals surface area contributed by atoms with Crippen molar-refractivity contribution in [1.82, 2.24) is 9.97 Å². The molecule has 2 atom stereocenters. The maximum atomic E-state index is 4.79. The zero-order valence-electron chi connectivity index (χ0n) is 12.0. The zero-order valence-corrected chi connectivity index (χ0v) is 12.0. The highest BCUT2D eigenvalue weighted by atomic mass is 15.0. The molecule has 3 heteroatoms. The number of aromatic nitrogens is 2. The normalized spacial score (nSPS) is 24.3. The first kappa shape index (κ1) is 13.3. The Morgan fingerprint density at radius 1 is 1.28 bits per heavy atom. The number of nitrogens with one attached hydrogen (secondary N) is 1. The Kier molecular flexibility index (Phi) is 4.20. The van der Waals surface area contributed by atoms with E-state index in [0.717, 1.165) is 23.3 Å². The summed E-state index contributed by atoms with van der Waals surface area (Å²) < 4.78 is 0. The second-order valence-corrected chi connectivity index (χ2v) is 5.91. The van der Waals surface area contributed by atoms with E-state index in [9.17, 15) is 0 Å². The summed E-state index contributed by atoms with van der Waals surface area (Å²) in [6.45, 7) is 6.72. The molecule has 1 saturated carbocycles. The van der Waals surface area contributed by atoms with Gasteiger partial charge in [-0.15, -0.1) is 0 Å². The van der Waals surface area contributed by atoms with Crippen LogP contribution in [0.25, 0.3) is 0 Å². The summed E-state index contributed by atoms with van der Waals surface area (Å²) >= 11 is 0. The van der Waals surface area contributed by atoms with E-state index in [1.807, 2.05) is 7.05 Å². The van der Waals surface area contributed by atoms with Crippen LogP contribution in [0.4, 0.5) is 5.82 Å². The van der Waals surface area contributed by atoms with E-state index in [1.54, 1.807) is 0 Å². The van der Waals surface area contributed by atoms with Gasteiger partial charge in [0.1, 0.15) is 11.6 Å². The third-order valence-corrected chi connectivity index (χ3v) is 3.91. The van der Waals surface area contributed by atoms with E-state index >= 15 is 0 Å². The van der Waals surface area contributed by atoms with Crippen LogP contribution in [-0.4, -0.2) is 17.0 Å². The minimum absolute atomic E-state index is 0.458. The lowest BCUT2D eigenvalue weighted by atomic mass is 9.82. The summed E-state index contributed by atoms with van der Waals surface area (Å²) in [5.74, 6) is 3.84. The Labute approximate surface area is 110 Å². The molecule has 1 heterocycles. The largest absolute Gasteiger partial charge is 0.373 e. The zero-order chi connectivity index (χ0) is 13.1. The molecule has 1 aliphatic rings. The molecular formula is C15H25N3. The van der Waals surface area contributed by atoms with Gasteiger partial charge >= 0.3 is 0 Å². The summed E-state index contributed by atoms with van der Waals surface area (Å²) in [6, 6.07) is 2.07. The van der Waals surface area contributed by atoms with Gasteiger partial charge < -0.3 is 5.32 Å². The molecule has 2 rings (SSSR count). The number of hydrogen-bond acceptors (Lipinski definition) is 3. The lowest BCUT2D eigenvalue weighted by molar-refractivity contribution is 0.334. The fourth-order valence-electron chi connectivity index (χ4n) is 2.76. The fourth-order valence-corrected chi connectivity index (χ4v) is 2.76. The minimum Gasteiger partial charge on any atom is -0.373 e. The monoisotopic (exact) mass is 247 g/mol. The van der Waals surface area contributed by atoms with Gasteiger partial charge in [-0.25, -0.2) is 9.97 Å². The average Bonchev–Trinajstić information content (AvgIpc) is 2.38. The van der Waals surface area contributed by atoms with Gasteiger partial charge in [0.05, 0.1) is 0 Å². The van der Waals surface area contributed by atoms with Crippen LogP contribution in [0.1, 0.15) is 69.8 Å². The van der Waals surface area contributed by atoms with Gasteiger partial charge in [-0.05, 0) is 24.7 Å². The molecule has 1 N–H and O–H groups in total. The topological polar surface area (TPSA) is 37.8 Å². The van der Waals surface area contributed by atoms with Crippen LogP contribution >= 0.6 is 0 Å². The van der Waals surface area contributed by atoms with E-state index in [2.05, 4.69) is 37.1 Å². The van der Waals surface area contributed by atoms with Gasteiger partial charge in [-0.1, -0.05) is 33.6 Å². The maximum Gasteiger partial charge on any atom is 0.134 e. The molecule has 1 aromatic heterocycles. The van der Waals surface area contributed by atoms with E-state index in [-0.39, 0.29) is 0 Å². The molecule has 0 saturated heterocycles. The highest BCUT2D eigenvalue weighted by Gasteiger charge is 2.23. The predicted octanol–water partition coefficient (Wildman–Crippen LogP) is 3.94. The van der Waals surface area contributed by atoms with Crippen molar-refractivity contribution >= 4 is 5.82 Å². The summed E-state index contributed by atoms with van der Waals surface area (Å²) in [7, 11) is 1.93. The molecule has 0 amide bonds. The molecule has 0 radical (unpaired) electrons. The van der Waals surface area contributed by atoms with Crippen LogP contribution in [0, 0.1) is 5.92 Å². The minimum atomic E-state index is 0.458. The lowest BCUT2D eigenvalue weighted by Crippen LogP contribution is -2.16. The fraction of sp³-hybridized carbons (Fsp3) is 0.733. The van der Waals surface area contributed by atoms with Crippen LogP contribution in [-0.2, 0) is 0 Å². The van der Waals surface area contributed by atoms with Gasteiger partial charge in [0, 0.05) is 24.7 Å². The van der Waals surface area contributed by atoms with Crippen molar-refractivity contribution in [3.05, 3.63) is 17.6 Å². The number of rotatable bonds is 3. The molecule has 2 unspecified atom stereocenters. The van der Waals surface area contributed by atoms with Gasteiger partial charge in [-0.3, -0.25) is 0 Å². The van der Waals surface area contributed by atoms with Gasteiger partial charge in [-0.2, -0.15) is 0 Å². The second-order valence-electron chi connectivity index (χ2n) is 5.91. The van der Waals surface area contributed by atoms with E-state index < -0.39 is 0 Å². The van der Waals surface area contributed by atoms with Crippen LogP contribution in [0.2, 0.25) is 0 Å². The Balaban J connectivity index is 2.28. The van der Waals surface area contributed by atoms with Crippen molar-refractivity contribution < 1.29 is 0 Å². The van der Waals surface area contributed by atoms with Crippen molar-refractivity contribution in [2.45, 2.75) is 58.3 Å². The molecule has 3 nitrogen and oxygen atoms in total. The summed E-state index contributed by atoms with van der Waals surface area (Å²) in [5, 5.41) is 3.16. The van der Waals surface area contributed by atoms with Gasteiger partial charge in [0.25, 0.3) is 0 Å². The molecule has 1 aliphatic carbocycles. The van der Waals surface area contributed by atoms with E-state index in [0.29, 0.717) is 11.8 Å². The Morgan fingerprint density at radius 2 is 2.06 bits per heavy atom. The molecule has 0 bridgehead atoms.